The lowest BCUT2D eigenvalue weighted by Gasteiger charge is -1.94. The number of allylic oxidation sites excluding steroid dienone is 1. The van der Waals surface area contributed by atoms with Crippen LogP contribution in [0.1, 0.15) is 18.2 Å². The number of nitrogens with two attached hydrogens (primary N) is 2. The van der Waals surface area contributed by atoms with Gasteiger partial charge in [0, 0.05) is 0 Å². The molecule has 0 aliphatic heterocycles. The molecule has 0 spiro atoms. The highest BCUT2D eigenvalue weighted by Gasteiger charge is 2.09. The zero-order valence-corrected chi connectivity index (χ0v) is 10.9. The summed E-state index contributed by atoms with van der Waals surface area (Å²) in [6.07, 6.45) is 3.56. The van der Waals surface area contributed by atoms with Crippen molar-refractivity contribution < 1.29 is 4.63 Å². The molecular formula is C13H14N6O. The van der Waals surface area contributed by atoms with Gasteiger partial charge in [0.05, 0.1) is 6.21 Å². The van der Waals surface area contributed by atoms with E-state index in [0.29, 0.717) is 0 Å². The van der Waals surface area contributed by atoms with Crippen molar-refractivity contribution in [3.05, 3.63) is 47.2 Å². The summed E-state index contributed by atoms with van der Waals surface area (Å²) in [6, 6.07) is 9.88. The first-order valence-corrected chi connectivity index (χ1v) is 5.85. The van der Waals surface area contributed by atoms with Gasteiger partial charge in [-0.05, 0) is 28.4 Å². The molecule has 1 aromatic heterocycles. The van der Waals surface area contributed by atoms with Crippen molar-refractivity contribution in [1.82, 2.24) is 10.3 Å². The molecule has 1 aromatic carbocycles. The molecule has 7 heteroatoms. The van der Waals surface area contributed by atoms with E-state index in [2.05, 4.69) is 25.1 Å². The highest BCUT2D eigenvalue weighted by molar-refractivity contribution is 5.99. The summed E-state index contributed by atoms with van der Waals surface area (Å²) in [4.78, 5) is 0. The van der Waals surface area contributed by atoms with Crippen LogP contribution in [0.5, 0.6) is 0 Å². The molecule has 0 bridgehead atoms. The van der Waals surface area contributed by atoms with Crippen LogP contribution in [-0.2, 0) is 0 Å². The molecule has 0 saturated heterocycles. The van der Waals surface area contributed by atoms with E-state index in [1.807, 2.05) is 43.3 Å². The minimum absolute atomic E-state index is 0.0486. The molecule has 0 saturated carbocycles. The van der Waals surface area contributed by atoms with Crippen molar-refractivity contribution in [1.29, 1.82) is 0 Å². The zero-order chi connectivity index (χ0) is 14.4. The molecule has 0 radical (unpaired) electrons. The highest BCUT2D eigenvalue weighted by atomic mass is 16.6. The Hall–Kier alpha value is -2.96. The lowest BCUT2D eigenvalue weighted by atomic mass is 10.1. The number of hydrogen-bond donors (Lipinski definition) is 2. The average Bonchev–Trinajstić information content (AvgIpc) is 2.86. The summed E-state index contributed by atoms with van der Waals surface area (Å²) in [5, 5.41) is 14.6. The Morgan fingerprint density at radius 2 is 2.00 bits per heavy atom. The molecule has 4 N–H and O–H groups in total. The predicted molar refractivity (Wildman–Crippen MR) is 78.0 cm³/mol. The summed E-state index contributed by atoms with van der Waals surface area (Å²) in [6.45, 7) is 1.91. The van der Waals surface area contributed by atoms with Crippen LogP contribution in [0, 0.1) is 0 Å². The Morgan fingerprint density at radius 1 is 1.25 bits per heavy atom. The monoisotopic (exact) mass is 270 g/mol. The quantitative estimate of drug-likeness (QED) is 0.495. The Labute approximate surface area is 115 Å². The summed E-state index contributed by atoms with van der Waals surface area (Å²) in [5.74, 6) is 0.130. The smallest absolute Gasteiger partial charge is 0.199 e. The predicted octanol–water partition coefficient (Wildman–Crippen LogP) is 1.45. The molecule has 0 atom stereocenters. The van der Waals surface area contributed by atoms with Crippen molar-refractivity contribution in [2.75, 3.05) is 5.73 Å². The number of amidine groups is 1. The van der Waals surface area contributed by atoms with E-state index in [-0.39, 0.29) is 17.3 Å². The molecule has 0 unspecified atom stereocenters. The first-order chi connectivity index (χ1) is 9.66. The first kappa shape index (κ1) is 13.5. The first-order valence-electron chi connectivity index (χ1n) is 5.85. The van der Waals surface area contributed by atoms with Crippen LogP contribution >= 0.6 is 0 Å². The lowest BCUT2D eigenvalue weighted by molar-refractivity contribution is 0.308. The van der Waals surface area contributed by atoms with E-state index in [1.165, 1.54) is 0 Å². The minimum Gasteiger partial charge on any atom is -0.380 e. The van der Waals surface area contributed by atoms with E-state index in [9.17, 15) is 0 Å². The summed E-state index contributed by atoms with van der Waals surface area (Å²) < 4.78 is 4.42. The summed E-state index contributed by atoms with van der Waals surface area (Å²) in [7, 11) is 0. The maximum atomic E-state index is 5.65. The van der Waals surface area contributed by atoms with Crippen LogP contribution in [0.15, 0.2) is 50.7 Å². The van der Waals surface area contributed by atoms with Gasteiger partial charge in [0.1, 0.15) is 0 Å². The minimum atomic E-state index is 0.0486. The molecule has 2 rings (SSSR count). The Kier molecular flexibility index (Phi) is 4.23. The topological polar surface area (TPSA) is 116 Å². The van der Waals surface area contributed by atoms with Crippen LogP contribution in [0.2, 0.25) is 0 Å². The van der Waals surface area contributed by atoms with Gasteiger partial charge in [-0.1, -0.05) is 36.4 Å². The number of rotatable bonds is 4. The second-order valence-electron chi connectivity index (χ2n) is 4.03. The number of hydrogen-bond acceptors (Lipinski definition) is 6. The Balaban J connectivity index is 2.06. The maximum absolute atomic E-state index is 5.65. The number of aromatic nitrogens is 2. The molecule has 102 valence electrons. The lowest BCUT2D eigenvalue weighted by Crippen LogP contribution is -2.15. The van der Waals surface area contributed by atoms with Crippen LogP contribution < -0.4 is 11.5 Å². The molecule has 20 heavy (non-hydrogen) atoms. The molecular weight excluding hydrogens is 256 g/mol. The van der Waals surface area contributed by atoms with Crippen molar-refractivity contribution in [3.8, 4) is 0 Å². The number of nitrogen functional groups attached to an aromatic ring is 1. The van der Waals surface area contributed by atoms with Crippen LogP contribution in [0.3, 0.4) is 0 Å². The highest BCUT2D eigenvalue weighted by Crippen LogP contribution is 2.05. The molecule has 2 aromatic rings. The molecule has 0 amide bonds. The second kappa shape index (κ2) is 6.28. The number of benzene rings is 1. The van der Waals surface area contributed by atoms with Gasteiger partial charge in [0.15, 0.2) is 17.3 Å². The van der Waals surface area contributed by atoms with Gasteiger partial charge in [-0.25, -0.2) is 4.63 Å². The van der Waals surface area contributed by atoms with E-state index < -0.39 is 0 Å². The third-order valence-electron chi connectivity index (χ3n) is 2.38. The molecule has 1 heterocycles. The molecule has 0 aliphatic carbocycles. The third-order valence-corrected chi connectivity index (χ3v) is 2.38. The van der Waals surface area contributed by atoms with Gasteiger partial charge in [-0.2, -0.15) is 5.10 Å². The van der Waals surface area contributed by atoms with Crippen LogP contribution in [0.25, 0.3) is 6.08 Å². The summed E-state index contributed by atoms with van der Waals surface area (Å²) >= 11 is 0. The van der Waals surface area contributed by atoms with Crippen LogP contribution in [0.4, 0.5) is 5.82 Å². The fourth-order valence-electron chi connectivity index (χ4n) is 1.45. The number of nitrogens with zero attached hydrogens (tertiary/aromatic N) is 4. The standard InChI is InChI=1S/C13H14N6O/c1-9(7-10-5-3-2-4-6-10)8-16-17-12(14)11-13(15)19-20-18-11/h2-8H,1H3,(H2,14,17)(H2,15,19)/b9-7+,16-8+. The van der Waals surface area contributed by atoms with Crippen molar-refractivity contribution in [2.24, 2.45) is 15.9 Å². The van der Waals surface area contributed by atoms with Crippen molar-refractivity contribution >= 4 is 23.9 Å². The van der Waals surface area contributed by atoms with Crippen molar-refractivity contribution in [3.63, 3.8) is 0 Å². The van der Waals surface area contributed by atoms with Crippen molar-refractivity contribution in [2.45, 2.75) is 6.92 Å². The normalized spacial score (nSPS) is 13.1. The van der Waals surface area contributed by atoms with E-state index in [0.717, 1.165) is 11.1 Å². The fourth-order valence-corrected chi connectivity index (χ4v) is 1.45. The fraction of sp³-hybridized carbons (Fsp3) is 0.0769. The zero-order valence-electron chi connectivity index (χ0n) is 10.9. The number of anilines is 1. The van der Waals surface area contributed by atoms with E-state index in [1.54, 1.807) is 6.21 Å². The van der Waals surface area contributed by atoms with Gasteiger partial charge in [-0.15, -0.1) is 5.10 Å². The molecule has 0 aliphatic rings. The van der Waals surface area contributed by atoms with Gasteiger partial charge < -0.3 is 11.5 Å². The van der Waals surface area contributed by atoms with Crippen LogP contribution in [-0.4, -0.2) is 22.4 Å². The molecule has 0 fully saturated rings. The third kappa shape index (κ3) is 3.52. The Morgan fingerprint density at radius 3 is 2.65 bits per heavy atom. The van der Waals surface area contributed by atoms with Gasteiger partial charge in [-0.3, -0.25) is 0 Å². The largest absolute Gasteiger partial charge is 0.380 e. The van der Waals surface area contributed by atoms with E-state index >= 15 is 0 Å². The van der Waals surface area contributed by atoms with Gasteiger partial charge >= 0.3 is 0 Å². The van der Waals surface area contributed by atoms with Gasteiger partial charge in [0.2, 0.25) is 0 Å². The van der Waals surface area contributed by atoms with E-state index in [4.69, 9.17) is 11.5 Å². The SMILES string of the molecule is CC(/C=N/N=C(\N)c1nonc1N)=C\c1ccccc1. The maximum Gasteiger partial charge on any atom is 0.199 e. The second-order valence-corrected chi connectivity index (χ2v) is 4.03. The average molecular weight is 270 g/mol. The summed E-state index contributed by atoms with van der Waals surface area (Å²) in [5.41, 5.74) is 13.3. The van der Waals surface area contributed by atoms with Gasteiger partial charge in [0.25, 0.3) is 0 Å². The Bertz CT molecular complexity index is 657. The molecule has 7 nitrogen and oxygen atoms in total.